The molecule has 0 heterocycles. The minimum Gasteiger partial charge on any atom is -0.0530 e. The fourth-order valence-corrected chi connectivity index (χ4v) is 29.9. The predicted molar refractivity (Wildman–Crippen MR) is 289 cm³/mol. The van der Waals surface area contributed by atoms with E-state index in [1.807, 2.05) is 0 Å². The van der Waals surface area contributed by atoms with Gasteiger partial charge in [-0.1, -0.05) is 70.6 Å². The minimum atomic E-state index is 1.16. The van der Waals surface area contributed by atoms with Gasteiger partial charge in [-0.2, -0.15) is 0 Å². The Bertz CT molecular complexity index is 1690. The molecule has 0 heteroatoms. The summed E-state index contributed by atoms with van der Waals surface area (Å²) in [4.78, 5) is 0. The molecule has 27 fully saturated rings. The van der Waals surface area contributed by atoms with Crippen LogP contribution in [0.15, 0.2) is 0 Å². The van der Waals surface area contributed by atoms with Crippen molar-refractivity contribution in [1.29, 1.82) is 0 Å². The number of hydrogen-bond acceptors (Lipinski definition) is 0. The van der Waals surface area contributed by atoms with Gasteiger partial charge in [0.05, 0.1) is 0 Å². The Morgan fingerprint density at radius 1 is 0.127 bits per heavy atom. The molecule has 0 nitrogen and oxygen atoms in total. The quantitative estimate of drug-likeness (QED) is 0.212. The molecule has 392 valence electrons. The summed E-state index contributed by atoms with van der Waals surface area (Å²) in [7, 11) is 0. The van der Waals surface area contributed by atoms with Crippen LogP contribution < -0.4 is 0 Å². The fourth-order valence-electron chi connectivity index (χ4n) is 29.9. The van der Waals surface area contributed by atoms with Crippen molar-refractivity contribution in [2.24, 2.45) is 201 Å². The third-order valence-corrected chi connectivity index (χ3v) is 32.2. The van der Waals surface area contributed by atoms with Gasteiger partial charge in [-0.3, -0.25) is 0 Å². The summed E-state index contributed by atoms with van der Waals surface area (Å²) in [6.07, 6.45) is 58.9. The maximum atomic E-state index is 1.64. The molecule has 0 N–H and O–H groups in total. The zero-order chi connectivity index (χ0) is 45.8. The summed E-state index contributed by atoms with van der Waals surface area (Å²) in [5, 5.41) is 0. The molecule has 0 aliphatic heterocycles. The number of rotatable bonds is 0. The Balaban J connectivity index is 0.0000000675. The van der Waals surface area contributed by atoms with E-state index in [2.05, 4.69) is 0 Å². The Morgan fingerprint density at radius 3 is 0.789 bits per heavy atom. The van der Waals surface area contributed by atoms with Gasteiger partial charge in [0.1, 0.15) is 0 Å². The Labute approximate surface area is 436 Å². The summed E-state index contributed by atoms with van der Waals surface area (Å²) in [5.74, 6) is 41.9. The molecule has 16 unspecified atom stereocenters. The standard InChI is InChI=1S/C14H24.C12H18.C11H18.C10H16.C9H14.C8H8.C7H10/c1-3-7-13-11(5-1)9-10-12-6-2-4-8-14(12)13;1-2-8-5-7(1)11-9-3-4-10(6-9)12(8)11;1-3-8-4-2-6-10(8)11-7-9(11)5-1;1-7-2-9-4-8(1)5-10(3-7)6-9;1-2-7-5-6(1)8-3-4-9(7)8;1-2-5-3(1)7-4(1)6(2)8(5)7;1-4-2-6-5(1)7(6)3-4/h11-14H,1-10H2;7-12H,1-6H2;8-11H,1-7H2;7-10H,1-6H2;6-9H,1-5H2;1-8H;4-7H,1-3H2. The molecular formula is C71H108. The summed E-state index contributed by atoms with van der Waals surface area (Å²) in [6, 6.07) is 0. The maximum Gasteiger partial charge on any atom is -0.0312 e. The van der Waals surface area contributed by atoms with E-state index in [0.29, 0.717) is 0 Å². The average Bonchev–Trinajstić information content (AvgIpc) is 4.19. The van der Waals surface area contributed by atoms with Gasteiger partial charge in [0.25, 0.3) is 0 Å². The number of hydrogen-bond donors (Lipinski definition) is 0. The molecule has 14 bridgehead atoms. The van der Waals surface area contributed by atoms with E-state index in [1.54, 1.807) is 238 Å². The maximum absolute atomic E-state index is 1.64. The summed E-state index contributed by atoms with van der Waals surface area (Å²) in [5.41, 5.74) is 0. The SMILES string of the molecule is C12C3C4C1C1C2C3C41.C1C2CC3C1C3C2.C1C2CC3CC1CC(C2)C3.C1CC2CC1C1C3CCC(C3)C21.C1CC2CC1C1CCC21.C1CC2CCCC2C2CC2C1.C1CCC2C(C1)CCC1CCCCC12. The van der Waals surface area contributed by atoms with Crippen LogP contribution in [0, 0.1) is 201 Å². The Kier molecular flexibility index (Phi) is 10.9. The van der Waals surface area contributed by atoms with Crippen molar-refractivity contribution in [3.05, 3.63) is 0 Å². The van der Waals surface area contributed by atoms with E-state index in [-0.39, 0.29) is 0 Å². The summed E-state index contributed by atoms with van der Waals surface area (Å²) in [6.45, 7) is 0. The molecule has 71 heavy (non-hydrogen) atoms. The van der Waals surface area contributed by atoms with Crippen molar-refractivity contribution < 1.29 is 0 Å². The molecule has 27 rings (SSSR count). The van der Waals surface area contributed by atoms with Crippen LogP contribution in [0.2, 0.25) is 0 Å². The highest BCUT2D eigenvalue weighted by atomic mass is 15.0. The van der Waals surface area contributed by atoms with E-state index in [0.717, 1.165) is 11.8 Å². The molecule has 0 aromatic rings. The van der Waals surface area contributed by atoms with Crippen molar-refractivity contribution in [3.8, 4) is 0 Å². The molecule has 16 atom stereocenters. The highest BCUT2D eigenvalue weighted by Gasteiger charge is 2.97. The lowest BCUT2D eigenvalue weighted by Gasteiger charge is -3.03. The largest absolute Gasteiger partial charge is 0.0530 e. The van der Waals surface area contributed by atoms with Gasteiger partial charge in [0.15, 0.2) is 0 Å². The lowest BCUT2D eigenvalue weighted by Crippen LogP contribution is -3.00. The second kappa shape index (κ2) is 17.2. The average molecular weight is 962 g/mol. The second-order valence-electron chi connectivity index (χ2n) is 34.1. The molecule has 0 saturated heterocycles. The lowest BCUT2D eigenvalue weighted by atomic mass is 9.01. The Hall–Kier alpha value is 0. The van der Waals surface area contributed by atoms with Crippen LogP contribution in [0.3, 0.4) is 0 Å². The molecular weight excluding hydrogens is 853 g/mol. The van der Waals surface area contributed by atoms with E-state index in [4.69, 9.17) is 0 Å². The molecule has 27 aliphatic rings. The van der Waals surface area contributed by atoms with E-state index in [1.165, 1.54) is 189 Å². The van der Waals surface area contributed by atoms with Crippen molar-refractivity contribution in [3.63, 3.8) is 0 Å². The Morgan fingerprint density at radius 2 is 0.394 bits per heavy atom. The lowest BCUT2D eigenvalue weighted by molar-refractivity contribution is -0.565. The zero-order valence-electron chi connectivity index (χ0n) is 45.8. The van der Waals surface area contributed by atoms with Gasteiger partial charge in [-0.25, -0.2) is 0 Å². The molecule has 27 saturated carbocycles. The van der Waals surface area contributed by atoms with Crippen molar-refractivity contribution in [2.45, 2.75) is 238 Å². The highest BCUT2D eigenvalue weighted by molar-refractivity contribution is 5.44. The van der Waals surface area contributed by atoms with Gasteiger partial charge in [0.2, 0.25) is 0 Å². The number of fused-ring (bicyclic) bond motifs is 20. The van der Waals surface area contributed by atoms with Crippen LogP contribution in [-0.4, -0.2) is 0 Å². The van der Waals surface area contributed by atoms with E-state index in [9.17, 15) is 0 Å². The van der Waals surface area contributed by atoms with Crippen molar-refractivity contribution in [1.82, 2.24) is 0 Å². The first-order valence-electron chi connectivity index (χ1n) is 35.1. The van der Waals surface area contributed by atoms with Gasteiger partial charge in [0, 0.05) is 0 Å². The zero-order valence-corrected chi connectivity index (χ0v) is 45.8. The van der Waals surface area contributed by atoms with E-state index >= 15 is 0 Å². The predicted octanol–water partition coefficient (Wildman–Crippen LogP) is 18.6. The van der Waals surface area contributed by atoms with Gasteiger partial charge in [-0.05, 0) is 368 Å². The smallest absolute Gasteiger partial charge is 0.0312 e. The monoisotopic (exact) mass is 961 g/mol. The topological polar surface area (TPSA) is 0 Å². The first kappa shape index (κ1) is 44.9. The van der Waals surface area contributed by atoms with Crippen LogP contribution in [0.25, 0.3) is 0 Å². The van der Waals surface area contributed by atoms with E-state index < -0.39 is 0 Å². The third-order valence-electron chi connectivity index (χ3n) is 32.2. The second-order valence-corrected chi connectivity index (χ2v) is 34.1. The molecule has 0 aromatic carbocycles. The van der Waals surface area contributed by atoms with Crippen LogP contribution >= 0.6 is 0 Å². The van der Waals surface area contributed by atoms with Crippen molar-refractivity contribution in [2.75, 3.05) is 0 Å². The van der Waals surface area contributed by atoms with Crippen LogP contribution in [0.5, 0.6) is 0 Å². The molecule has 0 aromatic heterocycles. The van der Waals surface area contributed by atoms with Crippen LogP contribution in [0.4, 0.5) is 0 Å². The normalized spacial score (nSPS) is 64.2. The van der Waals surface area contributed by atoms with Crippen molar-refractivity contribution >= 4 is 0 Å². The van der Waals surface area contributed by atoms with Gasteiger partial charge in [-0.15, -0.1) is 0 Å². The fraction of sp³-hybridized carbons (Fsp3) is 1.00. The molecule has 0 spiro atoms. The summed E-state index contributed by atoms with van der Waals surface area (Å²) < 4.78 is 0. The first-order chi connectivity index (χ1) is 35.1. The molecule has 0 radical (unpaired) electrons. The third kappa shape index (κ3) is 7.00. The van der Waals surface area contributed by atoms with Gasteiger partial charge < -0.3 is 0 Å². The summed E-state index contributed by atoms with van der Waals surface area (Å²) >= 11 is 0. The highest BCUT2D eigenvalue weighted by Crippen LogP contribution is 3.01. The minimum absolute atomic E-state index is 1.16. The molecule has 0 amide bonds. The van der Waals surface area contributed by atoms with Gasteiger partial charge >= 0.3 is 0 Å². The van der Waals surface area contributed by atoms with Crippen LogP contribution in [0.1, 0.15) is 238 Å². The van der Waals surface area contributed by atoms with Crippen LogP contribution in [-0.2, 0) is 0 Å². The molecule has 27 aliphatic carbocycles. The first-order valence-corrected chi connectivity index (χ1v) is 35.1.